The molecule has 3 rings (SSSR count). The highest BCUT2D eigenvalue weighted by Gasteiger charge is 2.20. The summed E-state index contributed by atoms with van der Waals surface area (Å²) < 4.78 is 5.48. The van der Waals surface area contributed by atoms with Crippen LogP contribution < -0.4 is 15.4 Å². The van der Waals surface area contributed by atoms with Crippen LogP contribution in [0.5, 0.6) is 11.5 Å². The minimum atomic E-state index is 0.164. The van der Waals surface area contributed by atoms with Crippen molar-refractivity contribution >= 4 is 5.96 Å². The lowest BCUT2D eigenvalue weighted by molar-refractivity contribution is 0.198. The van der Waals surface area contributed by atoms with Crippen molar-refractivity contribution in [1.82, 2.24) is 15.5 Å². The zero-order valence-electron chi connectivity index (χ0n) is 19.0. The van der Waals surface area contributed by atoms with Crippen molar-refractivity contribution in [2.24, 2.45) is 4.99 Å². The summed E-state index contributed by atoms with van der Waals surface area (Å²) in [6.07, 6.45) is 2.20. The van der Waals surface area contributed by atoms with Crippen molar-refractivity contribution in [1.29, 1.82) is 0 Å². The fourth-order valence-corrected chi connectivity index (χ4v) is 3.88. The van der Waals surface area contributed by atoms with Crippen molar-refractivity contribution < 1.29 is 9.84 Å². The maximum absolute atomic E-state index is 9.88. The molecule has 0 spiro atoms. The second-order valence-electron chi connectivity index (χ2n) is 8.05. The Kier molecular flexibility index (Phi) is 8.59. The fourth-order valence-electron chi connectivity index (χ4n) is 3.88. The van der Waals surface area contributed by atoms with E-state index in [4.69, 9.17) is 9.73 Å². The molecule has 1 saturated heterocycles. The number of phenolic OH excluding ortho intramolecular Hbond substituents is 1. The first kappa shape index (κ1) is 22.9. The molecular weight excluding hydrogens is 388 g/mol. The zero-order chi connectivity index (χ0) is 22.1. The molecule has 1 aliphatic rings. The lowest BCUT2D eigenvalue weighted by Crippen LogP contribution is -2.48. The summed E-state index contributed by atoms with van der Waals surface area (Å²) in [7, 11) is 0. The van der Waals surface area contributed by atoms with Crippen LogP contribution in [0.25, 0.3) is 0 Å². The van der Waals surface area contributed by atoms with Crippen LogP contribution in [-0.4, -0.2) is 48.2 Å². The molecule has 1 aliphatic heterocycles. The monoisotopic (exact) mass is 424 g/mol. The Morgan fingerprint density at radius 2 is 1.94 bits per heavy atom. The smallest absolute Gasteiger partial charge is 0.191 e. The molecule has 0 bridgehead atoms. The number of aryl methyl sites for hydroxylation is 1. The topological polar surface area (TPSA) is 69.1 Å². The first-order valence-corrected chi connectivity index (χ1v) is 11.4. The molecule has 0 aromatic heterocycles. The second-order valence-corrected chi connectivity index (χ2v) is 8.05. The summed E-state index contributed by atoms with van der Waals surface area (Å²) in [6, 6.07) is 14.5. The number of hydrogen-bond donors (Lipinski definition) is 3. The van der Waals surface area contributed by atoms with Gasteiger partial charge in [0.1, 0.15) is 0 Å². The number of phenols is 1. The van der Waals surface area contributed by atoms with E-state index in [9.17, 15) is 5.11 Å². The Bertz CT molecular complexity index is 860. The first-order valence-electron chi connectivity index (χ1n) is 11.4. The third-order valence-corrected chi connectivity index (χ3v) is 5.67. The van der Waals surface area contributed by atoms with E-state index in [1.54, 1.807) is 6.07 Å². The second kappa shape index (κ2) is 11.6. The van der Waals surface area contributed by atoms with Gasteiger partial charge in [0.05, 0.1) is 13.2 Å². The molecule has 31 heavy (non-hydrogen) atoms. The number of nitrogens with zero attached hydrogens (tertiary/aromatic N) is 2. The quantitative estimate of drug-likeness (QED) is 0.444. The molecule has 0 atom stereocenters. The highest BCUT2D eigenvalue weighted by atomic mass is 16.5. The van der Waals surface area contributed by atoms with Crippen LogP contribution >= 0.6 is 0 Å². The van der Waals surface area contributed by atoms with E-state index in [1.807, 2.05) is 19.1 Å². The molecule has 0 radical (unpaired) electrons. The van der Waals surface area contributed by atoms with Crippen LogP contribution in [0.15, 0.2) is 47.5 Å². The average molecular weight is 425 g/mol. The molecule has 6 heteroatoms. The van der Waals surface area contributed by atoms with Gasteiger partial charge in [0.2, 0.25) is 0 Å². The molecule has 0 saturated carbocycles. The van der Waals surface area contributed by atoms with E-state index in [0.717, 1.165) is 50.5 Å². The molecule has 0 unspecified atom stereocenters. The van der Waals surface area contributed by atoms with Gasteiger partial charge in [-0.05, 0) is 62.4 Å². The van der Waals surface area contributed by atoms with Crippen molar-refractivity contribution in [3.8, 4) is 11.5 Å². The van der Waals surface area contributed by atoms with Crippen LogP contribution in [0.2, 0.25) is 0 Å². The Morgan fingerprint density at radius 3 is 2.65 bits per heavy atom. The summed E-state index contributed by atoms with van der Waals surface area (Å²) in [5.74, 6) is 1.51. The van der Waals surface area contributed by atoms with Crippen LogP contribution in [0.4, 0.5) is 0 Å². The van der Waals surface area contributed by atoms with Gasteiger partial charge in [0.25, 0.3) is 0 Å². The van der Waals surface area contributed by atoms with E-state index < -0.39 is 0 Å². The van der Waals surface area contributed by atoms with Crippen LogP contribution in [0.3, 0.4) is 0 Å². The number of aliphatic imine (C=N–C) groups is 1. The summed E-state index contributed by atoms with van der Waals surface area (Å²) in [6.45, 7) is 11.2. The molecule has 1 fully saturated rings. The van der Waals surface area contributed by atoms with Gasteiger partial charge in [0.15, 0.2) is 17.5 Å². The van der Waals surface area contributed by atoms with E-state index in [2.05, 4.69) is 53.6 Å². The number of nitrogens with one attached hydrogen (secondary N) is 2. The maximum atomic E-state index is 9.88. The van der Waals surface area contributed by atoms with E-state index in [1.165, 1.54) is 11.1 Å². The van der Waals surface area contributed by atoms with Crippen LogP contribution in [-0.2, 0) is 13.1 Å². The van der Waals surface area contributed by atoms with Gasteiger partial charge in [0, 0.05) is 32.2 Å². The Labute approximate surface area is 186 Å². The molecule has 6 nitrogen and oxygen atoms in total. The molecule has 2 aromatic carbocycles. The van der Waals surface area contributed by atoms with Crippen LogP contribution in [0.1, 0.15) is 43.4 Å². The van der Waals surface area contributed by atoms with Crippen molar-refractivity contribution in [3.05, 3.63) is 59.2 Å². The van der Waals surface area contributed by atoms with Crippen molar-refractivity contribution in [2.75, 3.05) is 26.2 Å². The van der Waals surface area contributed by atoms with E-state index in [0.29, 0.717) is 24.9 Å². The predicted molar refractivity (Wildman–Crippen MR) is 127 cm³/mol. The minimum Gasteiger partial charge on any atom is -0.504 e. The normalized spacial score (nSPS) is 15.6. The van der Waals surface area contributed by atoms with E-state index in [-0.39, 0.29) is 5.75 Å². The van der Waals surface area contributed by atoms with Gasteiger partial charge in [-0.1, -0.05) is 30.3 Å². The molecule has 0 amide bonds. The lowest BCUT2D eigenvalue weighted by atomic mass is 10.0. The van der Waals surface area contributed by atoms with Gasteiger partial charge >= 0.3 is 0 Å². The minimum absolute atomic E-state index is 0.164. The predicted octanol–water partition coefficient (Wildman–Crippen LogP) is 3.82. The standard InChI is InChI=1S/C25H36N4O2/c1-4-26-25(27-17-20-10-11-23(30)24(16-20)31-5-2)28-22-12-14-29(15-13-22)18-21-9-7-6-8-19(21)3/h6-11,16,22,30H,4-5,12-15,17-18H2,1-3H3,(H2,26,27,28). The number of hydrogen-bond acceptors (Lipinski definition) is 4. The fraction of sp³-hybridized carbons (Fsp3) is 0.480. The number of piperidine rings is 1. The molecule has 0 aliphatic carbocycles. The number of rotatable bonds is 8. The zero-order valence-corrected chi connectivity index (χ0v) is 19.0. The van der Waals surface area contributed by atoms with Gasteiger partial charge in [-0.3, -0.25) is 4.90 Å². The highest BCUT2D eigenvalue weighted by Crippen LogP contribution is 2.27. The highest BCUT2D eigenvalue weighted by molar-refractivity contribution is 5.80. The van der Waals surface area contributed by atoms with Gasteiger partial charge in [-0.2, -0.15) is 0 Å². The molecule has 3 N–H and O–H groups in total. The Hall–Kier alpha value is -2.73. The SMILES string of the molecule is CCNC(=NCc1ccc(O)c(OCC)c1)NC1CCN(Cc2ccccc2C)CC1. The molecule has 2 aromatic rings. The summed E-state index contributed by atoms with van der Waals surface area (Å²) in [5, 5.41) is 16.8. The summed E-state index contributed by atoms with van der Waals surface area (Å²) >= 11 is 0. The Balaban J connectivity index is 1.53. The third-order valence-electron chi connectivity index (χ3n) is 5.67. The summed E-state index contributed by atoms with van der Waals surface area (Å²) in [4.78, 5) is 7.29. The molecule has 1 heterocycles. The number of likely N-dealkylation sites (tertiary alicyclic amines) is 1. The first-order chi connectivity index (χ1) is 15.1. The maximum Gasteiger partial charge on any atom is 0.191 e. The van der Waals surface area contributed by atoms with E-state index >= 15 is 0 Å². The van der Waals surface area contributed by atoms with Crippen LogP contribution in [0, 0.1) is 6.92 Å². The average Bonchev–Trinajstić information content (AvgIpc) is 2.77. The number of benzene rings is 2. The molecule has 168 valence electrons. The third kappa shape index (κ3) is 6.89. The number of guanidine groups is 1. The van der Waals surface area contributed by atoms with Crippen molar-refractivity contribution in [2.45, 2.75) is 52.7 Å². The number of ether oxygens (including phenoxy) is 1. The van der Waals surface area contributed by atoms with Gasteiger partial charge in [-0.15, -0.1) is 0 Å². The Morgan fingerprint density at radius 1 is 1.16 bits per heavy atom. The lowest BCUT2D eigenvalue weighted by Gasteiger charge is -2.33. The molecular formula is C25H36N4O2. The number of aromatic hydroxyl groups is 1. The van der Waals surface area contributed by atoms with Gasteiger partial charge < -0.3 is 20.5 Å². The van der Waals surface area contributed by atoms with Crippen molar-refractivity contribution in [3.63, 3.8) is 0 Å². The largest absolute Gasteiger partial charge is 0.504 e. The van der Waals surface area contributed by atoms with Gasteiger partial charge in [-0.25, -0.2) is 4.99 Å². The summed E-state index contributed by atoms with van der Waals surface area (Å²) in [5.41, 5.74) is 3.79.